The van der Waals surface area contributed by atoms with Crippen molar-refractivity contribution < 1.29 is 42.6 Å². The highest BCUT2D eigenvalue weighted by molar-refractivity contribution is 5.31. The van der Waals surface area contributed by atoms with E-state index in [1.54, 1.807) is 0 Å². The molecule has 2 saturated carbocycles. The summed E-state index contributed by atoms with van der Waals surface area (Å²) in [6.07, 6.45) is 30.8. The van der Waals surface area contributed by atoms with E-state index in [-0.39, 0.29) is 36.1 Å². The Labute approximate surface area is 892 Å². The molecule has 0 heterocycles. The minimum Gasteiger partial charge on any atom is -0.378 e. The first kappa shape index (κ1) is 123. The minimum atomic E-state index is -0.0474. The zero-order valence-corrected chi connectivity index (χ0v) is 93.1. The molecule has 9 nitrogen and oxygen atoms in total. The van der Waals surface area contributed by atoms with Crippen LogP contribution in [0.1, 0.15) is 280 Å². The second kappa shape index (κ2) is 76.9. The Balaban J connectivity index is 0.000000225. The standard InChI is InChI=1S/C22H22O.C17H26O.C17H20O.C16H24O.C16H18O.2C13H20O.2C12H18O/c1-18(17-19-11-5-2-6-12-19)23-22(20-13-7-3-8-14-20)21-15-9-4-10-16-21;2*1-15(14-17-10-6-3-7-11-17)18-13-12-16-8-4-2-5-9-16;2*1-14(12-15-8-4-2-5-9-15)17-13-16-10-6-3-7-11-16;1-11(14-13(2,3)4)10-12-8-6-5-7-9-12;1-4-11(2)14-12(3)10-13-8-6-5-7-9-13;1-10(2)13-11(3)9-12-7-5-4-6-8-12;1-3-9-13-11(2)10-12-7-5-4-6-8-12/h2-16,18,22H,17H2,1H3;3,6-7,10-11,15-16H,2,4-5,8-9,12-14H2,1H3;2-11,15H,12-14H2,1H3;2,4-5,8-9,14,16H,3,6-7,10-13H2,1H3;2-11,14H,12-13H2,1H3;5-9,11H,10H2,1-4H3;5-9,11-12H,4,10H2,1-3H3;4-8,10-11H,9H2,1-3H3;4-8,11H,3,9-10H2,1-2H3. The molecule has 10 atom stereocenters. The van der Waals surface area contributed by atoms with E-state index in [0.29, 0.717) is 49.3 Å². The first-order valence-electron chi connectivity index (χ1n) is 55.7. The lowest BCUT2D eigenvalue weighted by molar-refractivity contribution is -0.0504. The zero-order chi connectivity index (χ0) is 105. The molecule has 0 aromatic heterocycles. The lowest BCUT2D eigenvalue weighted by Crippen LogP contribution is -2.26. The topological polar surface area (TPSA) is 83.1 Å². The van der Waals surface area contributed by atoms with Crippen molar-refractivity contribution in [2.75, 3.05) is 26.4 Å². The van der Waals surface area contributed by atoms with Crippen LogP contribution < -0.4 is 0 Å². The third-order valence-electron chi connectivity index (χ3n) is 25.6. The highest BCUT2D eigenvalue weighted by Crippen LogP contribution is 2.31. The van der Waals surface area contributed by atoms with Crippen molar-refractivity contribution in [1.82, 2.24) is 0 Å². The Morgan fingerprint density at radius 2 is 0.483 bits per heavy atom. The van der Waals surface area contributed by atoms with Gasteiger partial charge in [0.1, 0.15) is 6.10 Å². The second-order valence-corrected chi connectivity index (χ2v) is 41.4. The average molecular weight is 1990 g/mol. The van der Waals surface area contributed by atoms with E-state index in [0.717, 1.165) is 115 Å². The van der Waals surface area contributed by atoms with Gasteiger partial charge in [-0.2, -0.15) is 0 Å². The van der Waals surface area contributed by atoms with Gasteiger partial charge >= 0.3 is 0 Å². The quantitative estimate of drug-likeness (QED) is 0.0371. The molecule has 2 fully saturated rings. The molecule has 2 aliphatic carbocycles. The fourth-order valence-electron chi connectivity index (χ4n) is 18.1. The third-order valence-corrected chi connectivity index (χ3v) is 25.6. The molecule has 9 heteroatoms. The second-order valence-electron chi connectivity index (χ2n) is 41.4. The van der Waals surface area contributed by atoms with E-state index in [1.165, 1.54) is 143 Å². The van der Waals surface area contributed by atoms with Crippen LogP contribution in [0.4, 0.5) is 0 Å². The molecule has 2 aliphatic rings. The summed E-state index contributed by atoms with van der Waals surface area (Å²) in [5.41, 5.74) is 17.0. The molecule has 147 heavy (non-hydrogen) atoms. The first-order chi connectivity index (χ1) is 71.4. The van der Waals surface area contributed by atoms with Crippen LogP contribution in [0.2, 0.25) is 0 Å². The van der Waals surface area contributed by atoms with Crippen LogP contribution in [-0.2, 0) is 113 Å². The molecule has 792 valence electrons. The SMILES string of the molecule is CC(C)OC(C)Cc1ccccc1.CC(Cc1ccccc1)OC(C)(C)C.CC(Cc1ccccc1)OC(c1ccccc1)c1ccccc1.CC(Cc1ccccc1)OCC1CCCCC1.CC(Cc1ccccc1)OCCC1CCCCC1.CC(Cc1ccccc1)OCCc1ccccc1.CC(Cc1ccccc1)OCc1ccccc1.CCC(C)OC(C)Cc1ccccc1.CCCOC(C)Cc1ccccc1. The van der Waals surface area contributed by atoms with Crippen LogP contribution in [0.15, 0.2) is 394 Å². The van der Waals surface area contributed by atoms with E-state index in [9.17, 15) is 0 Å². The van der Waals surface area contributed by atoms with Gasteiger partial charge in [-0.25, -0.2) is 0 Å². The molecule has 0 saturated heterocycles. The molecule has 0 bridgehead atoms. The van der Waals surface area contributed by atoms with Crippen LogP contribution in [-0.4, -0.2) is 99.2 Å². The van der Waals surface area contributed by atoms with E-state index in [2.05, 4.69) is 433 Å². The molecule has 0 amide bonds. The van der Waals surface area contributed by atoms with Crippen LogP contribution in [0.3, 0.4) is 0 Å². The molecule has 0 spiro atoms. The van der Waals surface area contributed by atoms with E-state index >= 15 is 0 Å². The summed E-state index contributed by atoms with van der Waals surface area (Å²) in [4.78, 5) is 0. The van der Waals surface area contributed by atoms with Crippen LogP contribution in [0.5, 0.6) is 0 Å². The molecular weight excluding hydrogens is 1800 g/mol. The molecule has 13 aromatic rings. The van der Waals surface area contributed by atoms with E-state index in [4.69, 9.17) is 42.6 Å². The summed E-state index contributed by atoms with van der Waals surface area (Å²) in [6.45, 7) is 40.4. The fourth-order valence-corrected chi connectivity index (χ4v) is 18.1. The van der Waals surface area contributed by atoms with Crippen LogP contribution in [0, 0.1) is 11.8 Å². The smallest absolute Gasteiger partial charge is 0.108 e. The normalized spacial score (nSPS) is 14.4. The molecular formula is C138H186O9. The Kier molecular flexibility index (Phi) is 64.6. The number of hydrogen-bond acceptors (Lipinski definition) is 9. The van der Waals surface area contributed by atoms with Gasteiger partial charge < -0.3 is 42.6 Å². The summed E-state index contributed by atoms with van der Waals surface area (Å²) in [5.74, 6) is 1.75. The predicted molar refractivity (Wildman–Crippen MR) is 623 cm³/mol. The molecule has 0 radical (unpaired) electrons. The predicted octanol–water partition coefficient (Wildman–Crippen LogP) is 34.9. The van der Waals surface area contributed by atoms with E-state index < -0.39 is 0 Å². The Hall–Kier alpha value is -10.5. The van der Waals surface area contributed by atoms with Gasteiger partial charge in [-0.15, -0.1) is 0 Å². The van der Waals surface area contributed by atoms with Crippen molar-refractivity contribution in [3.8, 4) is 0 Å². The van der Waals surface area contributed by atoms with Crippen molar-refractivity contribution in [3.05, 3.63) is 467 Å². The fraction of sp³-hybridized carbons (Fsp3) is 0.435. The van der Waals surface area contributed by atoms with Gasteiger partial charge in [0.25, 0.3) is 0 Å². The Morgan fingerprint density at radius 1 is 0.231 bits per heavy atom. The van der Waals surface area contributed by atoms with Crippen LogP contribution in [0.25, 0.3) is 0 Å². The maximum Gasteiger partial charge on any atom is 0.108 e. The minimum absolute atomic E-state index is 0.0314. The highest BCUT2D eigenvalue weighted by atomic mass is 16.5. The van der Waals surface area contributed by atoms with E-state index in [1.807, 2.05) is 78.9 Å². The Morgan fingerprint density at radius 3 is 0.789 bits per heavy atom. The maximum absolute atomic E-state index is 6.43. The largest absolute Gasteiger partial charge is 0.378 e. The van der Waals surface area contributed by atoms with Crippen molar-refractivity contribution in [2.45, 2.75) is 351 Å². The summed E-state index contributed by atoms with van der Waals surface area (Å²) < 4.78 is 52.9. The summed E-state index contributed by atoms with van der Waals surface area (Å²) in [7, 11) is 0. The monoisotopic (exact) mass is 1990 g/mol. The average Bonchev–Trinajstić information content (AvgIpc) is 0.838. The van der Waals surface area contributed by atoms with Gasteiger partial charge in [-0.3, -0.25) is 0 Å². The summed E-state index contributed by atoms with van der Waals surface area (Å²) in [6, 6.07) is 136. The van der Waals surface area contributed by atoms with Gasteiger partial charge in [-0.1, -0.05) is 460 Å². The molecule has 10 unspecified atom stereocenters. The van der Waals surface area contributed by atoms with Gasteiger partial charge in [0, 0.05) is 19.8 Å². The zero-order valence-electron chi connectivity index (χ0n) is 93.1. The Bertz CT molecular complexity index is 5110. The van der Waals surface area contributed by atoms with Crippen molar-refractivity contribution in [1.29, 1.82) is 0 Å². The molecule has 0 N–H and O–H groups in total. The summed E-state index contributed by atoms with van der Waals surface area (Å²) >= 11 is 0. The molecule has 0 aliphatic heterocycles. The first-order valence-corrected chi connectivity index (χ1v) is 55.7. The van der Waals surface area contributed by atoms with Crippen molar-refractivity contribution in [3.63, 3.8) is 0 Å². The van der Waals surface area contributed by atoms with Crippen molar-refractivity contribution >= 4 is 0 Å². The van der Waals surface area contributed by atoms with Gasteiger partial charge in [0.05, 0.1) is 86.0 Å². The number of rotatable bonds is 45. The summed E-state index contributed by atoms with van der Waals surface area (Å²) in [5, 5.41) is 0. The molecule has 13 aromatic carbocycles. The number of benzene rings is 13. The van der Waals surface area contributed by atoms with Crippen LogP contribution >= 0.6 is 0 Å². The molecule has 15 rings (SSSR count). The number of hydrogen-bond donors (Lipinski definition) is 0. The van der Waals surface area contributed by atoms with Gasteiger partial charge in [-0.05, 0) is 284 Å². The maximum atomic E-state index is 6.43. The lowest BCUT2D eigenvalue weighted by Gasteiger charge is -2.25. The lowest BCUT2D eigenvalue weighted by atomic mass is 9.87. The highest BCUT2D eigenvalue weighted by Gasteiger charge is 2.22. The number of ether oxygens (including phenoxy) is 9. The third kappa shape index (κ3) is 61.3. The van der Waals surface area contributed by atoms with Gasteiger partial charge in [0.2, 0.25) is 0 Å². The van der Waals surface area contributed by atoms with Gasteiger partial charge in [0.15, 0.2) is 0 Å². The van der Waals surface area contributed by atoms with Crippen molar-refractivity contribution in [2.24, 2.45) is 11.8 Å².